The molecule has 0 aromatic carbocycles. The monoisotopic (exact) mass is 209 g/mol. The van der Waals surface area contributed by atoms with Crippen LogP contribution in [0.5, 0.6) is 0 Å². The topological polar surface area (TPSA) is 66.5 Å². The van der Waals surface area contributed by atoms with Gasteiger partial charge in [-0.25, -0.2) is 9.97 Å². The van der Waals surface area contributed by atoms with Crippen LogP contribution in [0.3, 0.4) is 0 Å². The lowest BCUT2D eigenvalue weighted by molar-refractivity contribution is 0.954. The maximum Gasteiger partial charge on any atom is 0.143 e. The van der Waals surface area contributed by atoms with Crippen LogP contribution in [0.1, 0.15) is 5.82 Å². The molecule has 5 nitrogen and oxygen atoms in total. The zero-order valence-electron chi connectivity index (χ0n) is 7.24. The van der Waals surface area contributed by atoms with Crippen molar-refractivity contribution in [1.29, 1.82) is 0 Å². The van der Waals surface area contributed by atoms with Crippen LogP contribution in [0.4, 0.5) is 5.69 Å². The number of pyridine rings is 1. The van der Waals surface area contributed by atoms with Crippen molar-refractivity contribution in [3.8, 4) is 0 Å². The van der Waals surface area contributed by atoms with Crippen molar-refractivity contribution in [2.24, 2.45) is 0 Å². The molecule has 0 aliphatic heterocycles. The lowest BCUT2D eigenvalue weighted by Gasteiger charge is -2.03. The number of hydrogen-bond donors (Lipinski definition) is 2. The first kappa shape index (κ1) is 8.96. The average Bonchev–Trinajstić information content (AvgIpc) is 2.67. The maximum atomic E-state index is 5.72. The normalized spacial score (nSPS) is 10.1. The first-order valence-electron chi connectivity index (χ1n) is 4.04. The summed E-state index contributed by atoms with van der Waals surface area (Å²) >= 11 is 5.72. The van der Waals surface area contributed by atoms with Gasteiger partial charge in [0.25, 0.3) is 0 Å². The second kappa shape index (κ2) is 4.06. The Morgan fingerprint density at radius 3 is 3.07 bits per heavy atom. The standard InChI is InChI=1S/C8H8ClN5/c9-7-3-6(1-2-10-7)11-4-8-12-5-13-14-8/h1-3,5H,4H2,(H,10,11)(H,12,13,14). The summed E-state index contributed by atoms with van der Waals surface area (Å²) in [5, 5.41) is 10.1. The molecule has 0 radical (unpaired) electrons. The van der Waals surface area contributed by atoms with E-state index in [2.05, 4.69) is 25.5 Å². The van der Waals surface area contributed by atoms with Gasteiger partial charge < -0.3 is 5.32 Å². The van der Waals surface area contributed by atoms with Gasteiger partial charge in [-0.15, -0.1) is 0 Å². The van der Waals surface area contributed by atoms with E-state index in [0.29, 0.717) is 11.7 Å². The van der Waals surface area contributed by atoms with Crippen molar-refractivity contribution in [1.82, 2.24) is 20.2 Å². The second-order valence-electron chi connectivity index (χ2n) is 2.65. The quantitative estimate of drug-likeness (QED) is 0.752. The lowest BCUT2D eigenvalue weighted by Crippen LogP contribution is -2.01. The third-order valence-electron chi connectivity index (χ3n) is 1.65. The van der Waals surface area contributed by atoms with Crippen LogP contribution >= 0.6 is 11.6 Å². The number of aromatic nitrogens is 4. The number of anilines is 1. The Kier molecular flexibility index (Phi) is 2.60. The Bertz CT molecular complexity index is 400. The van der Waals surface area contributed by atoms with Crippen LogP contribution in [0.15, 0.2) is 24.7 Å². The summed E-state index contributed by atoms with van der Waals surface area (Å²) in [6.45, 7) is 0.584. The highest BCUT2D eigenvalue weighted by Crippen LogP contribution is 2.12. The van der Waals surface area contributed by atoms with Crippen molar-refractivity contribution < 1.29 is 0 Å². The molecule has 0 amide bonds. The van der Waals surface area contributed by atoms with Gasteiger partial charge in [-0.1, -0.05) is 11.6 Å². The Balaban J connectivity index is 1.98. The zero-order valence-corrected chi connectivity index (χ0v) is 7.99. The number of nitrogens with one attached hydrogen (secondary N) is 2. The molecule has 72 valence electrons. The van der Waals surface area contributed by atoms with Crippen molar-refractivity contribution in [2.75, 3.05) is 5.32 Å². The van der Waals surface area contributed by atoms with Crippen LogP contribution in [-0.4, -0.2) is 20.2 Å². The molecule has 0 aliphatic carbocycles. The molecule has 6 heteroatoms. The molecule has 0 atom stereocenters. The SMILES string of the molecule is Clc1cc(NCc2ncn[nH]2)ccn1. The molecule has 0 saturated heterocycles. The van der Waals surface area contributed by atoms with Gasteiger partial charge in [0.05, 0.1) is 6.54 Å². The van der Waals surface area contributed by atoms with E-state index in [9.17, 15) is 0 Å². The molecular formula is C8H8ClN5. The zero-order chi connectivity index (χ0) is 9.80. The minimum Gasteiger partial charge on any atom is -0.378 e. The lowest BCUT2D eigenvalue weighted by atomic mass is 10.4. The molecule has 0 fully saturated rings. The number of hydrogen-bond acceptors (Lipinski definition) is 4. The molecule has 14 heavy (non-hydrogen) atoms. The first-order valence-corrected chi connectivity index (χ1v) is 4.42. The number of nitrogens with zero attached hydrogens (tertiary/aromatic N) is 3. The van der Waals surface area contributed by atoms with Gasteiger partial charge >= 0.3 is 0 Å². The fourth-order valence-electron chi connectivity index (χ4n) is 1.01. The predicted molar refractivity (Wildman–Crippen MR) is 53.0 cm³/mol. The highest BCUT2D eigenvalue weighted by Gasteiger charge is 1.96. The molecule has 2 aromatic rings. The Morgan fingerprint density at radius 2 is 2.36 bits per heavy atom. The van der Waals surface area contributed by atoms with Gasteiger partial charge in [-0.2, -0.15) is 5.10 Å². The van der Waals surface area contributed by atoms with E-state index in [1.165, 1.54) is 6.33 Å². The number of aromatic amines is 1. The highest BCUT2D eigenvalue weighted by molar-refractivity contribution is 6.29. The van der Waals surface area contributed by atoms with Crippen molar-refractivity contribution in [2.45, 2.75) is 6.54 Å². The van der Waals surface area contributed by atoms with E-state index in [0.717, 1.165) is 11.5 Å². The molecule has 0 unspecified atom stereocenters. The first-order chi connectivity index (χ1) is 6.84. The fraction of sp³-hybridized carbons (Fsp3) is 0.125. The van der Waals surface area contributed by atoms with E-state index in [-0.39, 0.29) is 0 Å². The molecule has 0 saturated carbocycles. The van der Waals surface area contributed by atoms with E-state index in [1.54, 1.807) is 12.3 Å². The summed E-state index contributed by atoms with van der Waals surface area (Å²) in [5.74, 6) is 0.776. The number of H-pyrrole nitrogens is 1. The van der Waals surface area contributed by atoms with E-state index < -0.39 is 0 Å². The summed E-state index contributed by atoms with van der Waals surface area (Å²) in [6.07, 6.45) is 3.11. The van der Waals surface area contributed by atoms with Crippen LogP contribution in [-0.2, 0) is 6.54 Å². The molecule has 2 aromatic heterocycles. The molecule has 0 spiro atoms. The maximum absolute atomic E-state index is 5.72. The van der Waals surface area contributed by atoms with Crippen LogP contribution < -0.4 is 5.32 Å². The molecule has 0 bridgehead atoms. The smallest absolute Gasteiger partial charge is 0.143 e. The number of halogens is 1. The van der Waals surface area contributed by atoms with Crippen LogP contribution in [0, 0.1) is 0 Å². The van der Waals surface area contributed by atoms with E-state index in [1.807, 2.05) is 6.07 Å². The summed E-state index contributed by atoms with van der Waals surface area (Å²) < 4.78 is 0. The van der Waals surface area contributed by atoms with E-state index >= 15 is 0 Å². The second-order valence-corrected chi connectivity index (χ2v) is 3.04. The minimum absolute atomic E-state index is 0.465. The van der Waals surface area contributed by atoms with Gasteiger partial charge in [0.1, 0.15) is 17.3 Å². The Morgan fingerprint density at radius 1 is 1.43 bits per heavy atom. The average molecular weight is 210 g/mol. The minimum atomic E-state index is 0.465. The summed E-state index contributed by atoms with van der Waals surface area (Å²) in [4.78, 5) is 7.85. The summed E-state index contributed by atoms with van der Waals surface area (Å²) in [6, 6.07) is 3.58. The van der Waals surface area contributed by atoms with Gasteiger partial charge in [-0.05, 0) is 12.1 Å². The van der Waals surface area contributed by atoms with E-state index in [4.69, 9.17) is 11.6 Å². The molecule has 0 aliphatic rings. The van der Waals surface area contributed by atoms with Gasteiger partial charge in [-0.3, -0.25) is 5.10 Å². The Labute approximate surface area is 85.5 Å². The fourth-order valence-corrected chi connectivity index (χ4v) is 1.19. The van der Waals surface area contributed by atoms with Crippen molar-refractivity contribution in [3.05, 3.63) is 35.6 Å². The van der Waals surface area contributed by atoms with Gasteiger partial charge in [0.15, 0.2) is 0 Å². The molecule has 2 N–H and O–H groups in total. The molecule has 2 rings (SSSR count). The largest absolute Gasteiger partial charge is 0.378 e. The third-order valence-corrected chi connectivity index (χ3v) is 1.86. The highest BCUT2D eigenvalue weighted by atomic mass is 35.5. The molecule has 2 heterocycles. The van der Waals surface area contributed by atoms with Gasteiger partial charge in [0.2, 0.25) is 0 Å². The van der Waals surface area contributed by atoms with Gasteiger partial charge in [0, 0.05) is 11.9 Å². The van der Waals surface area contributed by atoms with Crippen LogP contribution in [0.25, 0.3) is 0 Å². The number of rotatable bonds is 3. The van der Waals surface area contributed by atoms with Crippen LogP contribution in [0.2, 0.25) is 5.15 Å². The van der Waals surface area contributed by atoms with Crippen molar-refractivity contribution in [3.63, 3.8) is 0 Å². The molecular weight excluding hydrogens is 202 g/mol. The summed E-state index contributed by atoms with van der Waals surface area (Å²) in [7, 11) is 0. The predicted octanol–water partition coefficient (Wildman–Crippen LogP) is 1.47. The third kappa shape index (κ3) is 2.20. The Hall–Kier alpha value is -1.62. The van der Waals surface area contributed by atoms with Crippen molar-refractivity contribution >= 4 is 17.3 Å². The summed E-state index contributed by atoms with van der Waals surface area (Å²) in [5.41, 5.74) is 0.904.